The lowest BCUT2D eigenvalue weighted by atomic mass is 10.2. The second-order valence-electron chi connectivity index (χ2n) is 10.8. The number of benzene rings is 2. The molecule has 0 spiro atoms. The van der Waals surface area contributed by atoms with Gasteiger partial charge in [-0.05, 0) is 66.7 Å². The zero-order valence-electron chi connectivity index (χ0n) is 24.7. The molecule has 5 rings (SSSR count). The van der Waals surface area contributed by atoms with Crippen molar-refractivity contribution >= 4 is 45.2 Å². The fourth-order valence-electron chi connectivity index (χ4n) is 4.61. The average Bonchev–Trinajstić information content (AvgIpc) is 3.01. The summed E-state index contributed by atoms with van der Waals surface area (Å²) in [5.74, 6) is -0.918. The van der Waals surface area contributed by atoms with Crippen LogP contribution in [0.3, 0.4) is 0 Å². The van der Waals surface area contributed by atoms with Crippen molar-refractivity contribution in [1.29, 1.82) is 0 Å². The summed E-state index contributed by atoms with van der Waals surface area (Å²) in [6.07, 6.45) is 2.60. The van der Waals surface area contributed by atoms with Gasteiger partial charge in [-0.1, -0.05) is 33.3 Å². The first-order valence-corrected chi connectivity index (χ1v) is 16.9. The number of nitrogens with one attached hydrogen (secondary N) is 1. The number of thioether (sulfide) groups is 1. The maximum absolute atomic E-state index is 13.1. The summed E-state index contributed by atoms with van der Waals surface area (Å²) in [7, 11) is -9.78. The van der Waals surface area contributed by atoms with E-state index in [1.807, 2.05) is 11.8 Å². The second-order valence-corrected chi connectivity index (χ2v) is 14.8. The molecule has 244 valence electrons. The third kappa shape index (κ3) is 8.46. The summed E-state index contributed by atoms with van der Waals surface area (Å²) >= 11 is 1.81. The molecular weight excluding hydrogens is 649 g/mol. The molecule has 0 aliphatic carbocycles. The molecule has 3 heterocycles. The maximum atomic E-state index is 13.1. The normalized spacial score (nSPS) is 15.2. The van der Waals surface area contributed by atoms with E-state index in [0.29, 0.717) is 37.0 Å². The van der Waals surface area contributed by atoms with Gasteiger partial charge in [0.1, 0.15) is 16.3 Å². The van der Waals surface area contributed by atoms with Gasteiger partial charge in [-0.15, -0.1) is 11.8 Å². The Hall–Kier alpha value is -4.37. The number of hydrogen-bond donors (Lipinski definition) is 1. The molecule has 1 N–H and O–H groups in total. The third-order valence-electron chi connectivity index (χ3n) is 6.87. The predicted octanol–water partition coefficient (Wildman–Crippen LogP) is 8.64. The van der Waals surface area contributed by atoms with E-state index in [2.05, 4.69) is 58.3 Å². The number of pyridine rings is 2. The lowest BCUT2D eigenvalue weighted by Crippen LogP contribution is -2.48. The Morgan fingerprint density at radius 2 is 1.50 bits per heavy atom. The van der Waals surface area contributed by atoms with Crippen molar-refractivity contribution in [2.75, 3.05) is 36.4 Å². The van der Waals surface area contributed by atoms with Gasteiger partial charge in [0.2, 0.25) is 5.88 Å². The van der Waals surface area contributed by atoms with E-state index in [0.717, 1.165) is 17.8 Å². The molecule has 2 aromatic heterocycles. The first kappa shape index (κ1) is 33.0. The smallest absolute Gasteiger partial charge is 0.310 e. The number of carbonyl (C=O) groups is 2. The van der Waals surface area contributed by atoms with Crippen LogP contribution in [0.25, 0.3) is 0 Å². The Morgan fingerprint density at radius 1 is 0.826 bits per heavy atom. The zero-order chi connectivity index (χ0) is 33.2. The highest BCUT2D eigenvalue weighted by molar-refractivity contribution is 8.45. The van der Waals surface area contributed by atoms with Crippen molar-refractivity contribution in [1.82, 2.24) is 14.9 Å². The van der Waals surface area contributed by atoms with E-state index >= 15 is 0 Å². The minimum atomic E-state index is -9.78. The summed E-state index contributed by atoms with van der Waals surface area (Å²) in [5.41, 5.74) is 1.80. The third-order valence-corrected chi connectivity index (χ3v) is 9.05. The Balaban J connectivity index is 1.11. The van der Waals surface area contributed by atoms with Gasteiger partial charge < -0.3 is 19.9 Å². The van der Waals surface area contributed by atoms with Gasteiger partial charge in [0.25, 0.3) is 11.8 Å². The molecule has 0 atom stereocenters. The summed E-state index contributed by atoms with van der Waals surface area (Å²) < 4.78 is 69.8. The summed E-state index contributed by atoms with van der Waals surface area (Å²) in [6, 6.07) is 16.2. The monoisotopic (exact) mass is 679 g/mol. The molecule has 2 amide bonds. The second kappa shape index (κ2) is 12.1. The van der Waals surface area contributed by atoms with Gasteiger partial charge in [-0.3, -0.25) is 14.6 Å². The maximum Gasteiger partial charge on any atom is 0.310 e. The van der Waals surface area contributed by atoms with E-state index in [9.17, 15) is 29.0 Å². The minimum absolute atomic E-state index is 0.0430. The Kier molecular flexibility index (Phi) is 8.68. The first-order valence-electron chi connectivity index (χ1n) is 14.1. The lowest BCUT2D eigenvalue weighted by Gasteiger charge is -2.40. The first-order chi connectivity index (χ1) is 21.5. The molecule has 1 fully saturated rings. The van der Waals surface area contributed by atoms with Crippen LogP contribution < -0.4 is 15.0 Å². The molecule has 2 aromatic carbocycles. The number of rotatable bonds is 9. The lowest BCUT2D eigenvalue weighted by molar-refractivity contribution is 0.0745. The number of piperazine rings is 1. The summed E-state index contributed by atoms with van der Waals surface area (Å²) in [4.78, 5) is 37.1. The van der Waals surface area contributed by atoms with Gasteiger partial charge in [0, 0.05) is 54.3 Å². The number of nitrogens with zero attached hydrogens (tertiary/aromatic N) is 4. The largest absolute Gasteiger partial charge is 0.439 e. The molecule has 0 unspecified atom stereocenters. The van der Waals surface area contributed by atoms with Crippen molar-refractivity contribution in [2.45, 2.75) is 28.9 Å². The van der Waals surface area contributed by atoms with Crippen molar-refractivity contribution in [2.24, 2.45) is 0 Å². The fraction of sp³-hybridized carbons (Fsp3) is 0.226. The van der Waals surface area contributed by atoms with Crippen molar-refractivity contribution in [3.63, 3.8) is 0 Å². The number of halogens is 5. The van der Waals surface area contributed by atoms with E-state index in [1.165, 1.54) is 35.5 Å². The highest BCUT2D eigenvalue weighted by Crippen LogP contribution is 3.02. The van der Waals surface area contributed by atoms with Crippen LogP contribution in [0.4, 0.5) is 30.8 Å². The van der Waals surface area contributed by atoms with Crippen LogP contribution in [0.1, 0.15) is 34.7 Å². The number of aromatic nitrogens is 2. The highest BCUT2D eigenvalue weighted by Gasteiger charge is 2.65. The van der Waals surface area contributed by atoms with Gasteiger partial charge in [0.15, 0.2) is 0 Å². The minimum Gasteiger partial charge on any atom is -0.439 e. The van der Waals surface area contributed by atoms with E-state index in [-0.39, 0.29) is 41.1 Å². The quantitative estimate of drug-likeness (QED) is 0.140. The SMILES string of the molecule is CC(C)Sc1ccc(N2CCN(C(=O)c3ccc(C(=O)Nc4ccc(Oc5ccc(S(F)(F)(F)(F)F)cc5)nc4)nc3)CC2)cc1. The molecule has 1 aliphatic rings. The van der Waals surface area contributed by atoms with Gasteiger partial charge in [0.05, 0.1) is 17.4 Å². The van der Waals surface area contributed by atoms with Crippen molar-refractivity contribution in [3.8, 4) is 11.6 Å². The van der Waals surface area contributed by atoms with Crippen molar-refractivity contribution in [3.05, 3.63) is 96.4 Å². The number of hydrogen-bond acceptors (Lipinski definition) is 7. The number of anilines is 2. The predicted molar refractivity (Wildman–Crippen MR) is 170 cm³/mol. The molecule has 1 aliphatic heterocycles. The number of ether oxygens (including phenoxy) is 1. The molecule has 0 saturated carbocycles. The van der Waals surface area contributed by atoms with Crippen LogP contribution in [-0.2, 0) is 0 Å². The van der Waals surface area contributed by atoms with E-state index < -0.39 is 21.0 Å². The Bertz CT molecular complexity index is 1700. The van der Waals surface area contributed by atoms with Crippen LogP contribution in [0.5, 0.6) is 11.6 Å². The van der Waals surface area contributed by atoms with Crippen LogP contribution >= 0.6 is 22.0 Å². The molecular formula is C31H30F5N5O3S2. The Morgan fingerprint density at radius 3 is 2.04 bits per heavy atom. The Labute approximate surface area is 266 Å². The van der Waals surface area contributed by atoms with Crippen LogP contribution in [0.2, 0.25) is 0 Å². The topological polar surface area (TPSA) is 87.7 Å². The molecule has 4 aromatic rings. The summed E-state index contributed by atoms with van der Waals surface area (Å²) in [5, 5.41) is 3.11. The zero-order valence-corrected chi connectivity index (χ0v) is 26.3. The van der Waals surface area contributed by atoms with Gasteiger partial charge in [-0.25, -0.2) is 4.98 Å². The molecule has 46 heavy (non-hydrogen) atoms. The number of carbonyl (C=O) groups excluding carboxylic acids is 2. The van der Waals surface area contributed by atoms with Crippen LogP contribution in [-0.4, -0.2) is 58.1 Å². The van der Waals surface area contributed by atoms with E-state index in [1.54, 1.807) is 11.0 Å². The highest BCUT2D eigenvalue weighted by atomic mass is 32.5. The molecule has 8 nitrogen and oxygen atoms in total. The van der Waals surface area contributed by atoms with Crippen LogP contribution in [0, 0.1) is 0 Å². The fourth-order valence-corrected chi connectivity index (χ4v) is 6.10. The molecule has 0 radical (unpaired) electrons. The molecule has 0 bridgehead atoms. The average molecular weight is 680 g/mol. The van der Waals surface area contributed by atoms with Crippen molar-refractivity contribution < 1.29 is 33.8 Å². The van der Waals surface area contributed by atoms with Gasteiger partial charge >= 0.3 is 10.2 Å². The van der Waals surface area contributed by atoms with E-state index in [4.69, 9.17) is 4.74 Å². The van der Waals surface area contributed by atoms with Gasteiger partial charge in [-0.2, -0.15) is 0 Å². The molecule has 15 heteroatoms. The number of amides is 2. The standard InChI is InChI=1S/C31H30F5N5O3S2/c1-21(2)45-26-9-5-24(6-10-26)40-15-17-41(18-16-40)31(43)22-3-13-28(37-19-22)30(42)39-23-4-14-29(38-20-23)44-25-7-11-27(12-8-25)46(32,33,34,35)36/h3-14,19-21H,15-18H2,1-2H3,(H,39,42). The van der Waals surface area contributed by atoms with Crippen LogP contribution in [0.15, 0.2) is 95.0 Å². The summed E-state index contributed by atoms with van der Waals surface area (Å²) in [6.45, 7) is 6.79. The molecule has 1 saturated heterocycles.